The minimum absolute atomic E-state index is 0. The minimum Gasteiger partial charge on any atom is -1.00 e. The molecule has 0 unspecified atom stereocenters. The Bertz CT molecular complexity index is 14.9. The van der Waals surface area contributed by atoms with Gasteiger partial charge in [0.05, 0.1) is 0 Å². The van der Waals surface area contributed by atoms with Gasteiger partial charge in [-0.2, -0.15) is 0 Å². The van der Waals surface area contributed by atoms with Crippen LogP contribution in [0.1, 0.15) is 4.28 Å². The molecule has 0 N–H and O–H groups in total. The smallest absolute Gasteiger partial charge is 1.00 e. The molecule has 0 aliphatic rings. The summed E-state index contributed by atoms with van der Waals surface area (Å²) in [5.41, 5.74) is 0. The van der Waals surface area contributed by atoms with Gasteiger partial charge in [-0.15, -0.1) is 0 Å². The van der Waals surface area contributed by atoms with Crippen molar-refractivity contribution in [3.8, 4) is 0 Å². The van der Waals surface area contributed by atoms with Crippen molar-refractivity contribution in [1.82, 2.24) is 0 Å². The largest absolute Gasteiger partial charge is 2.00 e. The summed E-state index contributed by atoms with van der Waals surface area (Å²) in [7, 11) is 0. The van der Waals surface area contributed by atoms with Crippen molar-refractivity contribution >= 4 is 48.9 Å². The Morgan fingerprint density at radius 3 is 1.25 bits per heavy atom. The maximum absolute atomic E-state index is 0. The van der Waals surface area contributed by atoms with Gasteiger partial charge in [0.25, 0.3) is 0 Å². The van der Waals surface area contributed by atoms with E-state index in [2.05, 4.69) is 0 Å². The molecule has 4 heavy (non-hydrogen) atoms. The molecule has 0 rings (SSSR count). The van der Waals surface area contributed by atoms with E-state index < -0.39 is 0 Å². The van der Waals surface area contributed by atoms with Gasteiger partial charge in [-0.3, -0.25) is 0 Å². The molecule has 0 aromatic heterocycles. The molecule has 0 spiro atoms. The van der Waals surface area contributed by atoms with Gasteiger partial charge in [-0.25, -0.2) is 0 Å². The van der Waals surface area contributed by atoms with Crippen LogP contribution in [0.3, 0.4) is 0 Å². The Morgan fingerprint density at radius 1 is 1.25 bits per heavy atom. The normalized spacial score (nSPS) is 0. The van der Waals surface area contributed by atoms with Crippen molar-refractivity contribution in [2.75, 3.05) is 0 Å². The van der Waals surface area contributed by atoms with Crippen molar-refractivity contribution < 1.29 is 105 Å². The number of rotatable bonds is 0. The Morgan fingerprint density at radius 2 is 1.25 bits per heavy atom. The molecule has 0 saturated carbocycles. The third-order valence-corrected chi connectivity index (χ3v) is 0. The minimum atomic E-state index is 0. The Hall–Kier alpha value is 4.84. The molecule has 4 heteroatoms. The topological polar surface area (TPSA) is 0 Å². The van der Waals surface area contributed by atoms with E-state index in [1.807, 2.05) is 0 Å². The van der Waals surface area contributed by atoms with Gasteiger partial charge in [-0.05, 0) is 0 Å². The first-order valence-corrected chi connectivity index (χ1v) is 0. The second-order valence-electron chi connectivity index (χ2n) is 0. The van der Waals surface area contributed by atoms with Crippen LogP contribution in [0.2, 0.25) is 0 Å². The van der Waals surface area contributed by atoms with Gasteiger partial charge in [0, 0.05) is 49.7 Å². The van der Waals surface area contributed by atoms with Crippen LogP contribution in [0.25, 0.3) is 0 Å². The maximum Gasteiger partial charge on any atom is 2.00 e. The number of hydrogen-bond donors (Lipinski definition) is 0. The summed E-state index contributed by atoms with van der Waals surface area (Å²) < 4.78 is 0. The van der Waals surface area contributed by atoms with E-state index in [4.69, 9.17) is 0 Å². The van der Waals surface area contributed by atoms with E-state index in [1.54, 1.807) is 0 Å². The quantitative estimate of drug-likeness (QED) is 0.332. The predicted octanol–water partition coefficient (Wildman–Crippen LogP) is -3.04. The molecule has 0 nitrogen and oxygen atoms in total. The van der Waals surface area contributed by atoms with Gasteiger partial charge < -0.3 is 4.28 Å². The van der Waals surface area contributed by atoms with Crippen molar-refractivity contribution in [3.63, 3.8) is 0 Å². The van der Waals surface area contributed by atoms with Crippen LogP contribution in [0, 0.1) is 31.1 Å². The summed E-state index contributed by atoms with van der Waals surface area (Å²) in [5.74, 6) is 0. The van der Waals surface area contributed by atoms with Crippen LogP contribution in [-0.4, -0.2) is 48.9 Å². The van der Waals surface area contributed by atoms with E-state index in [0.717, 1.165) is 0 Å². The summed E-state index contributed by atoms with van der Waals surface area (Å²) in [6.45, 7) is 0. The van der Waals surface area contributed by atoms with Crippen molar-refractivity contribution in [2.45, 2.75) is 0 Å². The van der Waals surface area contributed by atoms with Crippen molar-refractivity contribution in [1.29, 1.82) is 0 Å². The molecule has 0 aromatic carbocycles. The average molecular weight is 468 g/mol. The average Bonchev–Trinajstić information content (AvgIpc) is 0. The summed E-state index contributed by atoms with van der Waals surface area (Å²) in [5, 5.41) is 0. The number of hydrogen-bond acceptors (Lipinski definition) is 0. The molecular weight excluding hydrogens is 465 g/mol. The van der Waals surface area contributed by atoms with Crippen LogP contribution in [-0.2, 0) is 18.6 Å². The van der Waals surface area contributed by atoms with Gasteiger partial charge >= 0.3 is 100 Å². The zero-order valence-electron chi connectivity index (χ0n) is 5.65. The first-order chi connectivity index (χ1) is 0. The summed E-state index contributed by atoms with van der Waals surface area (Å²) in [6.07, 6.45) is 0. The molecule has 0 amide bonds. The third kappa shape index (κ3) is 9.96. The van der Waals surface area contributed by atoms with Crippen molar-refractivity contribution in [2.24, 2.45) is 0 Å². The van der Waals surface area contributed by atoms with Crippen LogP contribution >= 0.6 is 0 Å². The molecule has 0 aromatic rings. The Labute approximate surface area is 149 Å². The van der Waals surface area contributed by atoms with E-state index in [-0.39, 0.29) is 154 Å². The summed E-state index contributed by atoms with van der Waals surface area (Å²) in [6, 6.07) is 0. The van der Waals surface area contributed by atoms with Gasteiger partial charge in [-0.1, -0.05) is 0 Å². The Kier molecular flexibility index (Phi) is 90.8. The monoisotopic (exact) mass is 469 g/mol. The maximum atomic E-state index is 0. The first-order valence-electron chi connectivity index (χ1n) is 0. The Balaban J connectivity index is 0. The van der Waals surface area contributed by atoms with E-state index in [9.17, 15) is 0 Å². The molecule has 15 valence electrons. The van der Waals surface area contributed by atoms with Gasteiger partial charge in [0.2, 0.25) is 0 Å². The molecule has 1 radical (unpaired) electrons. The van der Waals surface area contributed by atoms with Crippen LogP contribution in [0.15, 0.2) is 0 Å². The van der Waals surface area contributed by atoms with Crippen LogP contribution in [0.5, 0.6) is 0 Å². The zero-order valence-corrected chi connectivity index (χ0v) is 15.8. The fourth-order valence-electron chi connectivity index (χ4n) is 0. The van der Waals surface area contributed by atoms with Crippen LogP contribution in [0.4, 0.5) is 0 Å². The molecule has 0 heterocycles. The molecule has 0 saturated heterocycles. The van der Waals surface area contributed by atoms with Crippen molar-refractivity contribution in [3.05, 3.63) is 0 Å². The van der Waals surface area contributed by atoms with E-state index in [1.165, 1.54) is 0 Å². The second kappa shape index (κ2) is 15.7. The summed E-state index contributed by atoms with van der Waals surface area (Å²) in [4.78, 5) is 0. The molecular formula is H3BaKUV. The fourth-order valence-corrected chi connectivity index (χ4v) is 0. The molecule has 0 fully saturated rings. The van der Waals surface area contributed by atoms with Gasteiger partial charge in [0.1, 0.15) is 0 Å². The molecule has 0 bridgehead atoms. The first kappa shape index (κ1) is 23.2. The van der Waals surface area contributed by atoms with E-state index >= 15 is 0 Å². The summed E-state index contributed by atoms with van der Waals surface area (Å²) >= 11 is 0. The van der Waals surface area contributed by atoms with Gasteiger partial charge in [0.15, 0.2) is 0 Å². The standard InChI is InChI=1S/Ba.K.U.V.3H/q+2;+1;;;3*-1. The second-order valence-corrected chi connectivity index (χ2v) is 0. The third-order valence-electron chi connectivity index (χ3n) is 0. The van der Waals surface area contributed by atoms with E-state index in [0.29, 0.717) is 0 Å². The molecule has 0 aliphatic heterocycles. The predicted molar refractivity (Wildman–Crippen MR) is 9.09 cm³/mol. The SMILES string of the molecule is [Ba+2].[H-].[H-].[H-].[K+].[U].[V]. The fraction of sp³-hybridized carbons (Fsp3) is 0. The van der Waals surface area contributed by atoms with Crippen LogP contribution < -0.4 is 51.4 Å². The molecule has 0 atom stereocenters. The zero-order chi connectivity index (χ0) is 0. The molecule has 0 aliphatic carbocycles.